The zero-order valence-electron chi connectivity index (χ0n) is 6.05. The molecule has 1 fully saturated rings. The molecule has 0 aromatic heterocycles. The van der Waals surface area contributed by atoms with E-state index in [0.29, 0.717) is 6.04 Å². The van der Waals surface area contributed by atoms with E-state index >= 15 is 0 Å². The van der Waals surface area contributed by atoms with Crippen molar-refractivity contribution in [3.05, 3.63) is 0 Å². The van der Waals surface area contributed by atoms with Crippen LogP contribution in [0.25, 0.3) is 0 Å². The molecule has 1 rings (SSSR count). The van der Waals surface area contributed by atoms with E-state index in [2.05, 4.69) is 19.0 Å². The van der Waals surface area contributed by atoms with Crippen molar-refractivity contribution < 1.29 is 0 Å². The van der Waals surface area contributed by atoms with Gasteiger partial charge >= 0.3 is 0 Å². The molecular formula is C7H13NS. The minimum absolute atomic E-state index is 0.597. The summed E-state index contributed by atoms with van der Waals surface area (Å²) in [5.74, 6) is 0. The summed E-state index contributed by atoms with van der Waals surface area (Å²) >= 11 is 5.18. The largest absolute Gasteiger partial charge is 0.302 e. The molecule has 2 heteroatoms. The van der Waals surface area contributed by atoms with Crippen LogP contribution in [0.2, 0.25) is 0 Å². The highest BCUT2D eigenvalue weighted by atomic mass is 32.1. The highest BCUT2D eigenvalue weighted by Crippen LogP contribution is 2.19. The Morgan fingerprint density at radius 3 is 2.44 bits per heavy atom. The van der Waals surface area contributed by atoms with Gasteiger partial charge in [0.1, 0.15) is 0 Å². The van der Waals surface area contributed by atoms with E-state index in [1.807, 2.05) is 0 Å². The number of hydrogen-bond acceptors (Lipinski definition) is 2. The van der Waals surface area contributed by atoms with Crippen molar-refractivity contribution in [1.29, 1.82) is 0 Å². The van der Waals surface area contributed by atoms with Crippen molar-refractivity contribution in [2.45, 2.75) is 25.3 Å². The third-order valence-corrected chi connectivity index (χ3v) is 2.37. The van der Waals surface area contributed by atoms with Crippen LogP contribution in [0.5, 0.6) is 0 Å². The van der Waals surface area contributed by atoms with Crippen LogP contribution in [-0.4, -0.2) is 29.9 Å². The van der Waals surface area contributed by atoms with Gasteiger partial charge in [0, 0.05) is 10.9 Å². The average Bonchev–Trinajstić information content (AvgIpc) is 2.13. The van der Waals surface area contributed by atoms with Crippen LogP contribution >= 0.6 is 12.2 Å². The Kier molecular flexibility index (Phi) is 2.19. The van der Waals surface area contributed by atoms with E-state index in [-0.39, 0.29) is 0 Å². The summed E-state index contributed by atoms with van der Waals surface area (Å²) in [5.41, 5.74) is 0. The van der Waals surface area contributed by atoms with Crippen molar-refractivity contribution in [2.75, 3.05) is 14.1 Å². The zero-order valence-corrected chi connectivity index (χ0v) is 6.87. The minimum Gasteiger partial charge on any atom is -0.302 e. The molecule has 52 valence electrons. The van der Waals surface area contributed by atoms with Gasteiger partial charge in [-0.05, 0) is 33.4 Å². The minimum atomic E-state index is 0.597. The van der Waals surface area contributed by atoms with Gasteiger partial charge in [0.25, 0.3) is 0 Å². The van der Waals surface area contributed by atoms with Crippen molar-refractivity contribution >= 4 is 17.1 Å². The lowest BCUT2D eigenvalue weighted by atomic mass is 10.2. The highest BCUT2D eigenvalue weighted by molar-refractivity contribution is 7.80. The van der Waals surface area contributed by atoms with E-state index in [1.54, 1.807) is 0 Å². The maximum absolute atomic E-state index is 5.18. The Morgan fingerprint density at radius 1 is 1.56 bits per heavy atom. The van der Waals surface area contributed by atoms with Crippen molar-refractivity contribution in [3.63, 3.8) is 0 Å². The molecular weight excluding hydrogens is 130 g/mol. The number of hydrogen-bond donors (Lipinski definition) is 0. The van der Waals surface area contributed by atoms with Crippen molar-refractivity contribution in [1.82, 2.24) is 4.90 Å². The monoisotopic (exact) mass is 143 g/mol. The van der Waals surface area contributed by atoms with Crippen LogP contribution in [-0.2, 0) is 0 Å². The SMILES string of the molecule is CN(C)C1CCCC1=S. The molecule has 1 aliphatic carbocycles. The number of rotatable bonds is 1. The van der Waals surface area contributed by atoms with Gasteiger partial charge in [0.05, 0.1) is 0 Å². The summed E-state index contributed by atoms with van der Waals surface area (Å²) in [6, 6.07) is 0.597. The van der Waals surface area contributed by atoms with Gasteiger partial charge in [-0.2, -0.15) is 0 Å². The number of thiocarbonyl (C=S) groups is 1. The normalized spacial score (nSPS) is 27.9. The molecule has 9 heavy (non-hydrogen) atoms. The molecule has 1 atom stereocenters. The van der Waals surface area contributed by atoms with Gasteiger partial charge in [-0.15, -0.1) is 0 Å². The topological polar surface area (TPSA) is 3.24 Å². The van der Waals surface area contributed by atoms with Crippen molar-refractivity contribution in [2.24, 2.45) is 0 Å². The highest BCUT2D eigenvalue weighted by Gasteiger charge is 2.21. The smallest absolute Gasteiger partial charge is 0.0405 e. The molecule has 0 N–H and O–H groups in total. The molecule has 1 aliphatic rings. The lowest BCUT2D eigenvalue weighted by Crippen LogP contribution is -2.30. The molecule has 0 aromatic rings. The predicted octanol–water partition coefficient (Wildman–Crippen LogP) is 1.47. The number of nitrogens with zero attached hydrogens (tertiary/aromatic N) is 1. The van der Waals surface area contributed by atoms with Crippen LogP contribution < -0.4 is 0 Å². The van der Waals surface area contributed by atoms with Gasteiger partial charge < -0.3 is 4.90 Å². The second-order valence-electron chi connectivity index (χ2n) is 2.84. The van der Waals surface area contributed by atoms with Crippen LogP contribution in [0.4, 0.5) is 0 Å². The first-order chi connectivity index (χ1) is 4.22. The first-order valence-electron chi connectivity index (χ1n) is 3.41. The fourth-order valence-electron chi connectivity index (χ4n) is 1.34. The van der Waals surface area contributed by atoms with E-state index in [9.17, 15) is 0 Å². The van der Waals surface area contributed by atoms with Gasteiger partial charge in [0.2, 0.25) is 0 Å². The van der Waals surface area contributed by atoms with E-state index in [4.69, 9.17) is 12.2 Å². The summed E-state index contributed by atoms with van der Waals surface area (Å²) < 4.78 is 0. The molecule has 0 heterocycles. The summed E-state index contributed by atoms with van der Waals surface area (Å²) in [7, 11) is 4.20. The lowest BCUT2D eigenvalue weighted by Gasteiger charge is -2.17. The summed E-state index contributed by atoms with van der Waals surface area (Å²) in [4.78, 5) is 3.47. The molecule has 0 saturated heterocycles. The third kappa shape index (κ3) is 1.49. The molecule has 0 bridgehead atoms. The fraction of sp³-hybridized carbons (Fsp3) is 0.857. The Balaban J connectivity index is 2.49. The van der Waals surface area contributed by atoms with Gasteiger partial charge in [0.15, 0.2) is 0 Å². The molecule has 0 radical (unpaired) electrons. The van der Waals surface area contributed by atoms with Crippen molar-refractivity contribution in [3.8, 4) is 0 Å². The van der Waals surface area contributed by atoms with Crippen LogP contribution in [0.15, 0.2) is 0 Å². The van der Waals surface area contributed by atoms with Crippen LogP contribution in [0.3, 0.4) is 0 Å². The summed E-state index contributed by atoms with van der Waals surface area (Å²) in [6.07, 6.45) is 3.73. The molecule has 0 aliphatic heterocycles. The molecule has 1 nitrogen and oxygen atoms in total. The first kappa shape index (κ1) is 7.16. The predicted molar refractivity (Wildman–Crippen MR) is 43.9 cm³/mol. The molecule has 0 spiro atoms. The van der Waals surface area contributed by atoms with Gasteiger partial charge in [-0.1, -0.05) is 12.2 Å². The second-order valence-corrected chi connectivity index (χ2v) is 3.36. The first-order valence-corrected chi connectivity index (χ1v) is 3.82. The molecule has 0 aromatic carbocycles. The summed E-state index contributed by atoms with van der Waals surface area (Å²) in [5, 5.41) is 0. The average molecular weight is 143 g/mol. The Morgan fingerprint density at radius 2 is 2.22 bits per heavy atom. The maximum Gasteiger partial charge on any atom is 0.0405 e. The maximum atomic E-state index is 5.18. The zero-order chi connectivity index (χ0) is 6.85. The van der Waals surface area contributed by atoms with Crippen LogP contribution in [0, 0.1) is 0 Å². The van der Waals surface area contributed by atoms with Crippen LogP contribution in [0.1, 0.15) is 19.3 Å². The summed E-state index contributed by atoms with van der Waals surface area (Å²) in [6.45, 7) is 0. The molecule has 1 unspecified atom stereocenters. The Hall–Kier alpha value is 0.0500. The third-order valence-electron chi connectivity index (χ3n) is 1.90. The second kappa shape index (κ2) is 2.76. The van der Waals surface area contributed by atoms with E-state index in [1.165, 1.54) is 17.7 Å². The molecule has 0 amide bonds. The van der Waals surface area contributed by atoms with E-state index in [0.717, 1.165) is 6.42 Å². The van der Waals surface area contributed by atoms with Gasteiger partial charge in [-0.25, -0.2) is 0 Å². The van der Waals surface area contributed by atoms with Gasteiger partial charge in [-0.3, -0.25) is 0 Å². The Bertz CT molecular complexity index is 120. The quantitative estimate of drug-likeness (QED) is 0.511. The van der Waals surface area contributed by atoms with E-state index < -0.39 is 0 Å². The fourth-order valence-corrected chi connectivity index (χ4v) is 1.82. The standard InChI is InChI=1S/C7H13NS/c1-8(2)6-4-3-5-7(6)9/h6H,3-5H2,1-2H3. The lowest BCUT2D eigenvalue weighted by molar-refractivity contribution is 0.361. The Labute approximate surface area is 62.0 Å². The molecule has 1 saturated carbocycles.